The Morgan fingerprint density at radius 1 is 1.12 bits per heavy atom. The van der Waals surface area contributed by atoms with Crippen molar-refractivity contribution in [1.29, 1.82) is 5.26 Å². The number of nitriles is 1. The second-order valence-corrected chi connectivity index (χ2v) is 8.09. The molecule has 2 aromatic carbocycles. The van der Waals surface area contributed by atoms with E-state index in [1.165, 1.54) is 10.7 Å². The second-order valence-electron chi connectivity index (χ2n) is 7.68. The van der Waals surface area contributed by atoms with Crippen molar-refractivity contribution < 1.29 is 9.50 Å². The van der Waals surface area contributed by atoms with Crippen LogP contribution in [0.25, 0.3) is 22.0 Å². The third-order valence-electron chi connectivity index (χ3n) is 5.35. The van der Waals surface area contributed by atoms with Crippen molar-refractivity contribution in [2.75, 3.05) is 18.5 Å². The van der Waals surface area contributed by atoms with E-state index >= 15 is 4.39 Å². The summed E-state index contributed by atoms with van der Waals surface area (Å²) in [5.74, 6) is -0.564. The van der Waals surface area contributed by atoms with Crippen LogP contribution >= 0.6 is 11.6 Å². The number of anilines is 1. The fourth-order valence-corrected chi connectivity index (χ4v) is 3.82. The first-order valence-corrected chi connectivity index (χ1v) is 11.1. The summed E-state index contributed by atoms with van der Waals surface area (Å²) in [5.41, 5.74) is 1.30. The molecule has 2 N–H and O–H groups in total. The van der Waals surface area contributed by atoms with Crippen LogP contribution in [-0.4, -0.2) is 33.0 Å². The Balaban J connectivity index is 1.77. The fourth-order valence-electron chi connectivity index (χ4n) is 3.60. The van der Waals surface area contributed by atoms with Crippen LogP contribution in [0.4, 0.5) is 10.2 Å². The average molecular weight is 478 g/mol. The van der Waals surface area contributed by atoms with Gasteiger partial charge in [-0.1, -0.05) is 41.9 Å². The smallest absolute Gasteiger partial charge is 0.274 e. The third-order valence-corrected chi connectivity index (χ3v) is 5.63. The minimum Gasteiger partial charge on any atom is -0.396 e. The van der Waals surface area contributed by atoms with E-state index in [2.05, 4.69) is 21.5 Å². The highest BCUT2D eigenvalue weighted by Gasteiger charge is 2.18. The van der Waals surface area contributed by atoms with Gasteiger partial charge in [-0.05, 0) is 42.7 Å². The zero-order valence-electron chi connectivity index (χ0n) is 18.1. The van der Waals surface area contributed by atoms with Gasteiger partial charge in [0.05, 0.1) is 34.1 Å². The van der Waals surface area contributed by atoms with Crippen LogP contribution in [0.2, 0.25) is 5.02 Å². The number of hydrogen-bond acceptors (Lipinski definition) is 6. The predicted molar refractivity (Wildman–Crippen MR) is 129 cm³/mol. The lowest BCUT2D eigenvalue weighted by Gasteiger charge is -2.13. The summed E-state index contributed by atoms with van der Waals surface area (Å²) >= 11 is 6.38. The normalized spacial score (nSPS) is 10.9. The van der Waals surface area contributed by atoms with E-state index in [0.29, 0.717) is 35.7 Å². The molecule has 0 radical (unpaired) electrons. The molecule has 172 valence electrons. The lowest BCUT2D eigenvalue weighted by Crippen LogP contribution is -2.24. The highest BCUT2D eigenvalue weighted by molar-refractivity contribution is 6.33. The summed E-state index contributed by atoms with van der Waals surface area (Å²) in [6.45, 7) is 0.714. The van der Waals surface area contributed by atoms with Crippen molar-refractivity contribution in [3.63, 3.8) is 0 Å². The van der Waals surface area contributed by atoms with Crippen LogP contribution in [0.1, 0.15) is 24.0 Å². The van der Waals surface area contributed by atoms with Crippen molar-refractivity contribution in [2.24, 2.45) is 0 Å². The van der Waals surface area contributed by atoms with Crippen LogP contribution in [0.3, 0.4) is 0 Å². The van der Waals surface area contributed by atoms with E-state index in [1.54, 1.807) is 48.5 Å². The Kier molecular flexibility index (Phi) is 7.16. The number of benzene rings is 2. The van der Waals surface area contributed by atoms with Crippen molar-refractivity contribution in [3.8, 4) is 17.3 Å². The first-order chi connectivity index (χ1) is 16.5. The summed E-state index contributed by atoms with van der Waals surface area (Å²) in [7, 11) is 0. The Hall–Kier alpha value is -3.80. The van der Waals surface area contributed by atoms with Crippen LogP contribution in [0.15, 0.2) is 59.4 Å². The largest absolute Gasteiger partial charge is 0.396 e. The Bertz CT molecular complexity index is 1430. The molecule has 0 amide bonds. The number of aliphatic hydroxyl groups is 1. The molecule has 0 saturated carbocycles. The first-order valence-electron chi connectivity index (χ1n) is 10.7. The minimum absolute atomic E-state index is 0.0764. The lowest BCUT2D eigenvalue weighted by atomic mass is 10.1. The molecule has 0 aliphatic carbocycles. The number of unbranched alkanes of at least 4 members (excludes halogenated alkanes) is 1. The number of aromatic nitrogens is 3. The van der Waals surface area contributed by atoms with Gasteiger partial charge >= 0.3 is 0 Å². The van der Waals surface area contributed by atoms with E-state index in [9.17, 15) is 4.79 Å². The van der Waals surface area contributed by atoms with Gasteiger partial charge < -0.3 is 10.4 Å². The standard InChI is InChI=1S/C25H21ClFN5O2/c26-21-13-20(23(27)30-24(21)29-11-3-4-12-33)22-18-5-1-2-6-19(18)25(34)32(31-22)15-17-9-7-16(14-28)8-10-17/h1-2,5-10,13,33H,3-4,11-12,15H2,(H,29,30). The third kappa shape index (κ3) is 4.91. The molecule has 2 heterocycles. The molecule has 9 heteroatoms. The molecule has 0 saturated heterocycles. The zero-order valence-corrected chi connectivity index (χ0v) is 18.9. The van der Waals surface area contributed by atoms with Crippen LogP contribution in [0, 0.1) is 17.3 Å². The predicted octanol–water partition coefficient (Wildman–Crippen LogP) is 4.36. The minimum atomic E-state index is -0.768. The topological polar surface area (TPSA) is 104 Å². The van der Waals surface area contributed by atoms with Crippen molar-refractivity contribution in [3.05, 3.63) is 87.0 Å². The molecule has 34 heavy (non-hydrogen) atoms. The Labute approximate surface area is 200 Å². The molecule has 2 aromatic heterocycles. The highest BCUT2D eigenvalue weighted by Crippen LogP contribution is 2.31. The zero-order chi connectivity index (χ0) is 24.1. The summed E-state index contributed by atoms with van der Waals surface area (Å²) in [6, 6.07) is 17.2. The second kappa shape index (κ2) is 10.4. The van der Waals surface area contributed by atoms with E-state index in [1.807, 2.05) is 0 Å². The van der Waals surface area contributed by atoms with Gasteiger partial charge in [0.25, 0.3) is 5.56 Å². The summed E-state index contributed by atoms with van der Waals surface area (Å²) in [5, 5.41) is 26.4. The maximum atomic E-state index is 15.2. The first kappa shape index (κ1) is 23.4. The molecule has 0 unspecified atom stereocenters. The molecule has 0 bridgehead atoms. The number of nitrogens with zero attached hydrogens (tertiary/aromatic N) is 4. The van der Waals surface area contributed by atoms with E-state index in [0.717, 1.165) is 5.56 Å². The van der Waals surface area contributed by atoms with Gasteiger partial charge in [-0.2, -0.15) is 14.8 Å². The number of rotatable bonds is 8. The molecule has 0 aliphatic heterocycles. The quantitative estimate of drug-likeness (QED) is 0.289. The SMILES string of the molecule is N#Cc1ccc(Cn2nc(-c3cc(Cl)c(NCCCCO)nc3F)c3ccccc3c2=O)cc1. The van der Waals surface area contributed by atoms with Gasteiger partial charge in [0.2, 0.25) is 5.95 Å². The van der Waals surface area contributed by atoms with Crippen LogP contribution in [0.5, 0.6) is 0 Å². The Morgan fingerprint density at radius 3 is 2.56 bits per heavy atom. The van der Waals surface area contributed by atoms with Crippen molar-refractivity contribution in [1.82, 2.24) is 14.8 Å². The molecule has 0 atom stereocenters. The lowest BCUT2D eigenvalue weighted by molar-refractivity contribution is 0.286. The van der Waals surface area contributed by atoms with E-state index in [-0.39, 0.29) is 40.8 Å². The van der Waals surface area contributed by atoms with Crippen molar-refractivity contribution >= 4 is 28.2 Å². The van der Waals surface area contributed by atoms with Gasteiger partial charge in [0, 0.05) is 18.5 Å². The molecule has 0 fully saturated rings. The molecule has 7 nitrogen and oxygen atoms in total. The van der Waals surface area contributed by atoms with Gasteiger partial charge in [-0.15, -0.1) is 0 Å². The van der Waals surface area contributed by atoms with Crippen LogP contribution in [-0.2, 0) is 6.54 Å². The monoisotopic (exact) mass is 477 g/mol. The summed E-state index contributed by atoms with van der Waals surface area (Å²) in [4.78, 5) is 17.1. The number of nitrogens with one attached hydrogen (secondary N) is 1. The van der Waals surface area contributed by atoms with E-state index < -0.39 is 5.95 Å². The fraction of sp³-hybridized carbons (Fsp3) is 0.200. The molecule has 4 aromatic rings. The maximum Gasteiger partial charge on any atom is 0.274 e. The van der Waals surface area contributed by atoms with Crippen LogP contribution < -0.4 is 10.9 Å². The van der Waals surface area contributed by atoms with Gasteiger partial charge in [0.15, 0.2) is 0 Å². The summed E-state index contributed by atoms with van der Waals surface area (Å²) in [6.07, 6.45) is 1.30. The molecule has 4 rings (SSSR count). The number of pyridine rings is 1. The number of aliphatic hydroxyl groups excluding tert-OH is 1. The maximum absolute atomic E-state index is 15.2. The molecule has 0 aliphatic rings. The van der Waals surface area contributed by atoms with Gasteiger partial charge in [0.1, 0.15) is 11.5 Å². The number of hydrogen-bond donors (Lipinski definition) is 2. The van der Waals surface area contributed by atoms with E-state index in [4.69, 9.17) is 22.0 Å². The Morgan fingerprint density at radius 2 is 1.85 bits per heavy atom. The van der Waals surface area contributed by atoms with Crippen molar-refractivity contribution in [2.45, 2.75) is 19.4 Å². The number of halogens is 2. The average Bonchev–Trinajstić information content (AvgIpc) is 2.86. The molecular weight excluding hydrogens is 457 g/mol. The summed E-state index contributed by atoms with van der Waals surface area (Å²) < 4.78 is 16.4. The van der Waals surface area contributed by atoms with Gasteiger partial charge in [-0.25, -0.2) is 9.67 Å². The molecular formula is C25H21ClFN5O2. The molecule has 0 spiro atoms. The number of fused-ring (bicyclic) bond motifs is 1. The highest BCUT2D eigenvalue weighted by atomic mass is 35.5. The van der Waals surface area contributed by atoms with Gasteiger partial charge in [-0.3, -0.25) is 4.79 Å².